The molecule has 3 rings (SSSR count). The van der Waals surface area contributed by atoms with Crippen LogP contribution in [0.5, 0.6) is 0 Å². The lowest BCUT2D eigenvalue weighted by Gasteiger charge is -2.08. The van der Waals surface area contributed by atoms with Crippen LogP contribution in [0.2, 0.25) is 0 Å². The van der Waals surface area contributed by atoms with Crippen molar-refractivity contribution < 1.29 is 18.9 Å². The summed E-state index contributed by atoms with van der Waals surface area (Å²) >= 11 is 0. The zero-order valence-electron chi connectivity index (χ0n) is 16.3. The zero-order valence-corrected chi connectivity index (χ0v) is 16.3. The highest BCUT2D eigenvalue weighted by molar-refractivity contribution is 6.05. The summed E-state index contributed by atoms with van der Waals surface area (Å²) in [6.07, 6.45) is 1.42. The topological polar surface area (TPSA) is 114 Å². The van der Waals surface area contributed by atoms with Gasteiger partial charge in [-0.1, -0.05) is 17.7 Å². The summed E-state index contributed by atoms with van der Waals surface area (Å²) in [7, 11) is 1.46. The first kappa shape index (κ1) is 20.5. The standard InChI is InChI=1S/C22H19N3O5/c1-14-3-5-16(6-4-14)21(26)24-19(22(27)23-2)13-18-11-12-20(30-18)15-7-9-17(10-8-15)25(28)29/h3-13H,1-2H3,(H,23,27)(H,24,26)/b19-13-. The van der Waals surface area contributed by atoms with Crippen molar-refractivity contribution in [2.24, 2.45) is 0 Å². The van der Waals surface area contributed by atoms with Crippen LogP contribution in [0.1, 0.15) is 21.7 Å². The van der Waals surface area contributed by atoms with Crippen LogP contribution in [0.4, 0.5) is 5.69 Å². The number of likely N-dealkylation sites (N-methyl/N-ethyl adjacent to an activating group) is 1. The van der Waals surface area contributed by atoms with Gasteiger partial charge in [-0.3, -0.25) is 19.7 Å². The maximum atomic E-state index is 12.5. The third-order valence-corrected chi connectivity index (χ3v) is 4.31. The minimum absolute atomic E-state index is 0.0210. The van der Waals surface area contributed by atoms with Gasteiger partial charge in [-0.2, -0.15) is 0 Å². The SMILES string of the molecule is CNC(=O)/C(=C/c1ccc(-c2ccc([N+](=O)[O-])cc2)o1)NC(=O)c1ccc(C)cc1. The molecule has 0 aliphatic heterocycles. The number of nitro groups is 1. The van der Waals surface area contributed by atoms with Gasteiger partial charge >= 0.3 is 0 Å². The summed E-state index contributed by atoms with van der Waals surface area (Å²) in [4.78, 5) is 35.0. The molecule has 30 heavy (non-hydrogen) atoms. The number of benzene rings is 2. The molecule has 3 aromatic rings. The molecule has 0 aliphatic rings. The van der Waals surface area contributed by atoms with E-state index in [4.69, 9.17) is 4.42 Å². The third kappa shape index (κ3) is 4.79. The number of amides is 2. The lowest BCUT2D eigenvalue weighted by molar-refractivity contribution is -0.384. The fraction of sp³-hybridized carbons (Fsp3) is 0.0909. The molecule has 0 bridgehead atoms. The average Bonchev–Trinajstić information content (AvgIpc) is 3.21. The van der Waals surface area contributed by atoms with E-state index in [0.717, 1.165) is 5.56 Å². The van der Waals surface area contributed by atoms with E-state index in [0.29, 0.717) is 22.6 Å². The summed E-state index contributed by atoms with van der Waals surface area (Å²) in [5.74, 6) is -0.0980. The number of hydrogen-bond acceptors (Lipinski definition) is 5. The number of nitrogens with zero attached hydrogens (tertiary/aromatic N) is 1. The monoisotopic (exact) mass is 405 g/mol. The van der Waals surface area contributed by atoms with Crippen molar-refractivity contribution in [3.05, 3.63) is 93.4 Å². The number of carbonyl (C=O) groups excluding carboxylic acids is 2. The number of furan rings is 1. The van der Waals surface area contributed by atoms with E-state index in [1.165, 1.54) is 25.3 Å². The minimum Gasteiger partial charge on any atom is -0.457 e. The first-order valence-electron chi connectivity index (χ1n) is 9.04. The van der Waals surface area contributed by atoms with E-state index >= 15 is 0 Å². The summed E-state index contributed by atoms with van der Waals surface area (Å²) in [6, 6.07) is 16.2. The predicted octanol–water partition coefficient (Wildman–Crippen LogP) is 3.68. The number of non-ortho nitro benzene ring substituents is 1. The fourth-order valence-corrected chi connectivity index (χ4v) is 2.67. The smallest absolute Gasteiger partial charge is 0.269 e. The molecule has 1 heterocycles. The number of nitro benzene ring substituents is 1. The van der Waals surface area contributed by atoms with Gasteiger partial charge in [-0.15, -0.1) is 0 Å². The Morgan fingerprint density at radius 2 is 1.67 bits per heavy atom. The quantitative estimate of drug-likeness (QED) is 0.369. The van der Waals surface area contributed by atoms with E-state index < -0.39 is 16.7 Å². The molecule has 0 saturated carbocycles. The lowest BCUT2D eigenvalue weighted by Crippen LogP contribution is -2.33. The van der Waals surface area contributed by atoms with Crippen molar-refractivity contribution in [3.63, 3.8) is 0 Å². The Morgan fingerprint density at radius 1 is 1.00 bits per heavy atom. The maximum absolute atomic E-state index is 12.5. The molecule has 1 aromatic heterocycles. The van der Waals surface area contributed by atoms with Crippen LogP contribution in [-0.2, 0) is 4.79 Å². The van der Waals surface area contributed by atoms with Crippen molar-refractivity contribution in [3.8, 4) is 11.3 Å². The number of hydrogen-bond donors (Lipinski definition) is 2. The maximum Gasteiger partial charge on any atom is 0.269 e. The second kappa shape index (κ2) is 8.87. The van der Waals surface area contributed by atoms with Crippen LogP contribution in [0.25, 0.3) is 17.4 Å². The largest absolute Gasteiger partial charge is 0.457 e. The lowest BCUT2D eigenvalue weighted by atomic mass is 10.1. The second-order valence-electron chi connectivity index (χ2n) is 6.46. The van der Waals surface area contributed by atoms with Gasteiger partial charge in [0.05, 0.1) is 4.92 Å². The summed E-state index contributed by atoms with van der Waals surface area (Å²) in [5, 5.41) is 15.9. The predicted molar refractivity (Wildman–Crippen MR) is 111 cm³/mol. The molecule has 8 heteroatoms. The van der Waals surface area contributed by atoms with Gasteiger partial charge in [0.2, 0.25) is 0 Å². The number of carbonyl (C=O) groups is 2. The van der Waals surface area contributed by atoms with E-state index in [1.54, 1.807) is 48.5 Å². The Balaban J connectivity index is 1.83. The third-order valence-electron chi connectivity index (χ3n) is 4.31. The van der Waals surface area contributed by atoms with Gasteiger partial charge in [0.15, 0.2) is 0 Å². The zero-order chi connectivity index (χ0) is 21.7. The molecule has 0 aliphatic carbocycles. The van der Waals surface area contributed by atoms with Crippen molar-refractivity contribution in [2.75, 3.05) is 7.05 Å². The fourth-order valence-electron chi connectivity index (χ4n) is 2.67. The minimum atomic E-state index is -0.483. The van der Waals surface area contributed by atoms with Gasteiger partial charge in [0, 0.05) is 36.4 Å². The molecular weight excluding hydrogens is 386 g/mol. The Hall–Kier alpha value is -4.20. The van der Waals surface area contributed by atoms with E-state index in [9.17, 15) is 19.7 Å². The van der Waals surface area contributed by atoms with Crippen molar-refractivity contribution in [2.45, 2.75) is 6.92 Å². The highest BCUT2D eigenvalue weighted by Crippen LogP contribution is 2.25. The highest BCUT2D eigenvalue weighted by atomic mass is 16.6. The van der Waals surface area contributed by atoms with Crippen LogP contribution in [-0.4, -0.2) is 23.8 Å². The van der Waals surface area contributed by atoms with E-state index in [-0.39, 0.29) is 11.4 Å². The Morgan fingerprint density at radius 3 is 2.27 bits per heavy atom. The molecule has 0 spiro atoms. The van der Waals surface area contributed by atoms with Crippen molar-refractivity contribution >= 4 is 23.6 Å². The first-order valence-corrected chi connectivity index (χ1v) is 9.04. The van der Waals surface area contributed by atoms with E-state index in [2.05, 4.69) is 10.6 Å². The summed E-state index contributed by atoms with van der Waals surface area (Å²) in [6.45, 7) is 1.91. The molecule has 2 aromatic carbocycles. The van der Waals surface area contributed by atoms with Crippen LogP contribution >= 0.6 is 0 Å². The summed E-state index contributed by atoms with van der Waals surface area (Å²) < 4.78 is 5.72. The van der Waals surface area contributed by atoms with E-state index in [1.807, 2.05) is 6.92 Å². The normalized spacial score (nSPS) is 11.1. The van der Waals surface area contributed by atoms with Crippen molar-refractivity contribution in [1.82, 2.24) is 10.6 Å². The Bertz CT molecular complexity index is 1110. The molecule has 0 atom stereocenters. The Labute approximate surface area is 172 Å². The van der Waals surface area contributed by atoms with Crippen LogP contribution < -0.4 is 10.6 Å². The number of rotatable bonds is 6. The molecule has 8 nitrogen and oxygen atoms in total. The molecule has 2 amide bonds. The molecular formula is C22H19N3O5. The van der Waals surface area contributed by atoms with Gasteiger partial charge in [0.1, 0.15) is 17.2 Å². The van der Waals surface area contributed by atoms with Gasteiger partial charge in [-0.05, 0) is 43.3 Å². The van der Waals surface area contributed by atoms with Crippen LogP contribution in [0.3, 0.4) is 0 Å². The average molecular weight is 405 g/mol. The highest BCUT2D eigenvalue weighted by Gasteiger charge is 2.15. The summed E-state index contributed by atoms with van der Waals surface area (Å²) in [5.41, 5.74) is 2.08. The van der Waals surface area contributed by atoms with Crippen molar-refractivity contribution in [1.29, 1.82) is 0 Å². The second-order valence-corrected chi connectivity index (χ2v) is 6.46. The van der Waals surface area contributed by atoms with Gasteiger partial charge in [-0.25, -0.2) is 0 Å². The molecule has 0 radical (unpaired) electrons. The molecule has 0 saturated heterocycles. The molecule has 152 valence electrons. The molecule has 0 unspecified atom stereocenters. The van der Waals surface area contributed by atoms with Crippen LogP contribution in [0, 0.1) is 17.0 Å². The first-order chi connectivity index (χ1) is 14.4. The van der Waals surface area contributed by atoms with Crippen LogP contribution in [0.15, 0.2) is 70.8 Å². The Kier molecular flexibility index (Phi) is 6.07. The van der Waals surface area contributed by atoms with Gasteiger partial charge < -0.3 is 15.1 Å². The molecule has 2 N–H and O–H groups in total. The number of aryl methyl sites for hydroxylation is 1. The number of nitrogens with one attached hydrogen (secondary N) is 2. The molecule has 0 fully saturated rings. The van der Waals surface area contributed by atoms with Gasteiger partial charge in [0.25, 0.3) is 17.5 Å².